The van der Waals surface area contributed by atoms with Crippen molar-refractivity contribution in [2.75, 3.05) is 0 Å². The molecule has 0 bridgehead atoms. The van der Waals surface area contributed by atoms with E-state index in [0.717, 1.165) is 9.13 Å². The quantitative estimate of drug-likeness (QED) is 0.662. The zero-order chi connectivity index (χ0) is 12.0. The van der Waals surface area contributed by atoms with Crippen LogP contribution in [0.25, 0.3) is 0 Å². The third kappa shape index (κ3) is 1.69. The molecule has 1 N–H and O–H groups in total. The normalized spacial score (nSPS) is 11.8. The Morgan fingerprint density at radius 2 is 1.53 bits per heavy atom. The molecule has 1 aromatic heterocycles. The fourth-order valence-corrected chi connectivity index (χ4v) is 1.49. The van der Waals surface area contributed by atoms with Gasteiger partial charge in [-0.15, -0.1) is 0 Å². The fraction of sp³-hybridized carbons (Fsp3) is 0.600. The Morgan fingerprint density at radius 1 is 1.07 bits per heavy atom. The van der Waals surface area contributed by atoms with Gasteiger partial charge in [-0.3, -0.25) is 13.9 Å². The maximum atomic E-state index is 11.8. The van der Waals surface area contributed by atoms with Gasteiger partial charge in [0.25, 0.3) is 5.56 Å². The van der Waals surface area contributed by atoms with Gasteiger partial charge in [0.15, 0.2) is 0 Å². The van der Waals surface area contributed by atoms with E-state index in [1.165, 1.54) is 14.1 Å². The second kappa shape index (κ2) is 3.25. The predicted molar refractivity (Wildman–Crippen MR) is 57.3 cm³/mol. The standard InChI is InChI=1S/C10H16N2O3/c1-10(2,3)6-7(13)11(4)9(15)12(5)8(6)14/h13H,1-5H3. The summed E-state index contributed by atoms with van der Waals surface area (Å²) in [6.45, 7) is 5.44. The van der Waals surface area contributed by atoms with Gasteiger partial charge in [-0.05, 0) is 5.41 Å². The molecule has 5 nitrogen and oxygen atoms in total. The van der Waals surface area contributed by atoms with E-state index < -0.39 is 16.7 Å². The van der Waals surface area contributed by atoms with E-state index in [2.05, 4.69) is 0 Å². The minimum absolute atomic E-state index is 0.254. The van der Waals surface area contributed by atoms with Crippen molar-refractivity contribution in [2.45, 2.75) is 26.2 Å². The molecule has 0 aliphatic rings. The van der Waals surface area contributed by atoms with E-state index in [0.29, 0.717) is 0 Å². The molecule has 15 heavy (non-hydrogen) atoms. The average Bonchev–Trinajstić information content (AvgIpc) is 2.09. The lowest BCUT2D eigenvalue weighted by Gasteiger charge is -2.21. The molecule has 0 aromatic carbocycles. The van der Waals surface area contributed by atoms with Crippen molar-refractivity contribution >= 4 is 0 Å². The Morgan fingerprint density at radius 3 is 1.93 bits per heavy atom. The first-order valence-corrected chi connectivity index (χ1v) is 4.67. The van der Waals surface area contributed by atoms with Crippen LogP contribution >= 0.6 is 0 Å². The van der Waals surface area contributed by atoms with Crippen LogP contribution in [0.1, 0.15) is 26.3 Å². The minimum atomic E-state index is -0.523. The van der Waals surface area contributed by atoms with Crippen LogP contribution < -0.4 is 11.2 Å². The molecule has 0 aliphatic heterocycles. The fourth-order valence-electron chi connectivity index (χ4n) is 1.49. The molecule has 5 heteroatoms. The van der Waals surface area contributed by atoms with Crippen molar-refractivity contribution in [3.63, 3.8) is 0 Å². The molecule has 0 unspecified atom stereocenters. The summed E-state index contributed by atoms with van der Waals surface area (Å²) in [5, 5.41) is 9.77. The maximum Gasteiger partial charge on any atom is 0.333 e. The summed E-state index contributed by atoms with van der Waals surface area (Å²) in [5.74, 6) is -0.254. The van der Waals surface area contributed by atoms with Gasteiger partial charge in [0.1, 0.15) is 0 Å². The molecular formula is C10H16N2O3. The van der Waals surface area contributed by atoms with Gasteiger partial charge in [0.2, 0.25) is 5.88 Å². The first kappa shape index (κ1) is 11.6. The Bertz CT molecular complexity index is 503. The molecule has 0 saturated heterocycles. The van der Waals surface area contributed by atoms with Crippen LogP contribution in [-0.2, 0) is 19.5 Å². The van der Waals surface area contributed by atoms with Gasteiger partial charge in [-0.25, -0.2) is 4.79 Å². The first-order chi connectivity index (χ1) is 6.68. The molecule has 1 aromatic rings. The van der Waals surface area contributed by atoms with Crippen molar-refractivity contribution in [2.24, 2.45) is 14.1 Å². The van der Waals surface area contributed by atoms with E-state index in [4.69, 9.17) is 0 Å². The van der Waals surface area contributed by atoms with Crippen molar-refractivity contribution < 1.29 is 5.11 Å². The molecule has 0 amide bonds. The SMILES string of the molecule is Cn1c(O)c(C(C)(C)C)c(=O)n(C)c1=O. The second-order valence-corrected chi connectivity index (χ2v) is 4.65. The van der Waals surface area contributed by atoms with Crippen LogP contribution in [-0.4, -0.2) is 14.2 Å². The smallest absolute Gasteiger partial charge is 0.333 e. The minimum Gasteiger partial charge on any atom is -0.494 e. The third-order valence-electron chi connectivity index (χ3n) is 2.38. The Kier molecular flexibility index (Phi) is 2.51. The van der Waals surface area contributed by atoms with Crippen molar-refractivity contribution in [3.05, 3.63) is 26.4 Å². The highest BCUT2D eigenvalue weighted by Crippen LogP contribution is 2.25. The van der Waals surface area contributed by atoms with Gasteiger partial charge in [0.05, 0.1) is 5.56 Å². The van der Waals surface area contributed by atoms with E-state index >= 15 is 0 Å². The Hall–Kier alpha value is -1.52. The van der Waals surface area contributed by atoms with Gasteiger partial charge in [-0.1, -0.05) is 20.8 Å². The Balaban J connectivity index is 3.85. The van der Waals surface area contributed by atoms with Gasteiger partial charge in [0, 0.05) is 14.1 Å². The molecule has 0 atom stereocenters. The molecule has 1 heterocycles. The van der Waals surface area contributed by atoms with Crippen LogP contribution in [0.15, 0.2) is 9.59 Å². The van der Waals surface area contributed by atoms with Gasteiger partial charge >= 0.3 is 5.69 Å². The summed E-state index contributed by atoms with van der Waals surface area (Å²) in [6, 6.07) is 0. The molecule has 1 rings (SSSR count). The Labute approximate surface area is 87.6 Å². The summed E-state index contributed by atoms with van der Waals surface area (Å²) >= 11 is 0. The van der Waals surface area contributed by atoms with E-state index in [1.54, 1.807) is 0 Å². The molecule has 84 valence electrons. The molecule has 0 fully saturated rings. The number of aromatic hydroxyl groups is 1. The monoisotopic (exact) mass is 212 g/mol. The predicted octanol–water partition coefficient (Wildman–Crippen LogP) is 0.0871. The topological polar surface area (TPSA) is 64.2 Å². The lowest BCUT2D eigenvalue weighted by atomic mass is 9.88. The number of aromatic nitrogens is 2. The number of hydrogen-bond acceptors (Lipinski definition) is 3. The zero-order valence-corrected chi connectivity index (χ0v) is 9.66. The number of rotatable bonds is 0. The van der Waals surface area contributed by atoms with E-state index in [9.17, 15) is 14.7 Å². The maximum absolute atomic E-state index is 11.8. The van der Waals surface area contributed by atoms with E-state index in [-0.39, 0.29) is 11.4 Å². The summed E-state index contributed by atoms with van der Waals surface area (Å²) in [5.41, 5.74) is -1.20. The molecule has 0 saturated carbocycles. The highest BCUT2D eigenvalue weighted by Gasteiger charge is 2.25. The number of nitrogens with zero attached hydrogens (tertiary/aromatic N) is 2. The van der Waals surface area contributed by atoms with Gasteiger partial charge < -0.3 is 5.11 Å². The summed E-state index contributed by atoms with van der Waals surface area (Å²) in [4.78, 5) is 23.3. The first-order valence-electron chi connectivity index (χ1n) is 4.67. The van der Waals surface area contributed by atoms with Crippen LogP contribution in [0.3, 0.4) is 0 Å². The summed E-state index contributed by atoms with van der Waals surface area (Å²) in [6.07, 6.45) is 0. The summed E-state index contributed by atoms with van der Waals surface area (Å²) < 4.78 is 2.07. The molecule has 0 spiro atoms. The van der Waals surface area contributed by atoms with Crippen molar-refractivity contribution in [1.29, 1.82) is 0 Å². The highest BCUT2D eigenvalue weighted by molar-refractivity contribution is 5.29. The highest BCUT2D eigenvalue weighted by atomic mass is 16.3. The van der Waals surface area contributed by atoms with Crippen LogP contribution in [0.2, 0.25) is 0 Å². The molecular weight excluding hydrogens is 196 g/mol. The second-order valence-electron chi connectivity index (χ2n) is 4.65. The lowest BCUT2D eigenvalue weighted by molar-refractivity contribution is 0.384. The van der Waals surface area contributed by atoms with Gasteiger partial charge in [-0.2, -0.15) is 0 Å². The average molecular weight is 212 g/mol. The number of hydrogen-bond donors (Lipinski definition) is 1. The summed E-state index contributed by atoms with van der Waals surface area (Å²) in [7, 11) is 2.84. The third-order valence-corrected chi connectivity index (χ3v) is 2.38. The lowest BCUT2D eigenvalue weighted by Crippen LogP contribution is -2.41. The molecule has 0 aliphatic carbocycles. The van der Waals surface area contributed by atoms with E-state index in [1.807, 2.05) is 20.8 Å². The zero-order valence-electron chi connectivity index (χ0n) is 9.66. The largest absolute Gasteiger partial charge is 0.494 e. The van der Waals surface area contributed by atoms with Crippen molar-refractivity contribution in [1.82, 2.24) is 9.13 Å². The van der Waals surface area contributed by atoms with Crippen molar-refractivity contribution in [3.8, 4) is 5.88 Å². The molecule has 0 radical (unpaired) electrons. The van der Waals surface area contributed by atoms with Crippen LogP contribution in [0.5, 0.6) is 5.88 Å². The van der Waals surface area contributed by atoms with Crippen LogP contribution in [0.4, 0.5) is 0 Å². The van der Waals surface area contributed by atoms with Crippen LogP contribution in [0, 0.1) is 0 Å².